The van der Waals surface area contributed by atoms with Crippen molar-refractivity contribution in [3.63, 3.8) is 0 Å². The fourth-order valence-corrected chi connectivity index (χ4v) is 3.69. The molecule has 6 heteroatoms. The molecule has 4 rings (SSSR count). The number of hydrogen-bond acceptors (Lipinski definition) is 4. The predicted octanol–water partition coefficient (Wildman–Crippen LogP) is 3.73. The Morgan fingerprint density at radius 2 is 1.71 bits per heavy atom. The quantitative estimate of drug-likeness (QED) is 0.640. The van der Waals surface area contributed by atoms with Crippen LogP contribution in [0, 0.1) is 0 Å². The summed E-state index contributed by atoms with van der Waals surface area (Å²) in [6, 6.07) is 16.3. The smallest absolute Gasteiger partial charge is 0.489 e. The summed E-state index contributed by atoms with van der Waals surface area (Å²) < 4.78 is 18.6. The first-order valence-electron chi connectivity index (χ1n) is 11.1. The zero-order valence-corrected chi connectivity index (χ0v) is 19.2. The molecule has 2 fully saturated rings. The number of carbonyl (C=O) groups excluding carboxylic acids is 1. The largest absolute Gasteiger partial charge is 0.494 e. The maximum absolute atomic E-state index is 12.9. The van der Waals surface area contributed by atoms with Gasteiger partial charge in [0.15, 0.2) is 0 Å². The number of nitrogens with zero attached hydrogens (tertiary/aromatic N) is 1. The van der Waals surface area contributed by atoms with Crippen molar-refractivity contribution in [3.05, 3.63) is 59.7 Å². The Kier molecular flexibility index (Phi) is 5.88. The van der Waals surface area contributed by atoms with Crippen molar-refractivity contribution >= 4 is 18.5 Å². The minimum absolute atomic E-state index is 0.109. The molecule has 0 aromatic heterocycles. The zero-order chi connectivity index (χ0) is 22.2. The van der Waals surface area contributed by atoms with Crippen LogP contribution in [0.3, 0.4) is 0 Å². The summed E-state index contributed by atoms with van der Waals surface area (Å²) in [5.41, 5.74) is 2.03. The molecule has 0 spiro atoms. The Morgan fingerprint density at radius 3 is 2.32 bits per heavy atom. The van der Waals surface area contributed by atoms with Crippen LogP contribution in [0.4, 0.5) is 0 Å². The van der Waals surface area contributed by atoms with Gasteiger partial charge in [-0.1, -0.05) is 42.5 Å². The predicted molar refractivity (Wildman–Crippen MR) is 122 cm³/mol. The molecule has 0 unspecified atom stereocenters. The highest BCUT2D eigenvalue weighted by atomic mass is 16.7. The molecule has 0 atom stereocenters. The van der Waals surface area contributed by atoms with Gasteiger partial charge in [-0.2, -0.15) is 0 Å². The number of likely N-dealkylation sites (N-methyl/N-ethyl adjacent to an activating group) is 1. The molecule has 1 amide bonds. The van der Waals surface area contributed by atoms with Gasteiger partial charge in [0.05, 0.1) is 17.6 Å². The third-order valence-electron chi connectivity index (χ3n) is 6.68. The Bertz CT molecular complexity index is 924. The van der Waals surface area contributed by atoms with Gasteiger partial charge in [-0.25, -0.2) is 0 Å². The molecule has 2 aromatic rings. The first kappa shape index (κ1) is 21.9. The SMILES string of the molecule is CN(C(=O)Cc1cc(B2OC(C)(C)C(C)(C)O2)ccc1OCc1ccccc1)C1CC1. The monoisotopic (exact) mass is 421 g/mol. The Morgan fingerprint density at radius 1 is 1.06 bits per heavy atom. The Balaban J connectivity index is 1.57. The number of ether oxygens (including phenoxy) is 1. The molecule has 5 nitrogen and oxygen atoms in total. The first-order valence-corrected chi connectivity index (χ1v) is 11.1. The van der Waals surface area contributed by atoms with Crippen LogP contribution in [0.15, 0.2) is 48.5 Å². The van der Waals surface area contributed by atoms with Gasteiger partial charge in [0.1, 0.15) is 12.4 Å². The summed E-state index contributed by atoms with van der Waals surface area (Å²) in [6.07, 6.45) is 2.48. The van der Waals surface area contributed by atoms with Gasteiger partial charge < -0.3 is 18.9 Å². The first-order chi connectivity index (χ1) is 14.7. The van der Waals surface area contributed by atoms with Crippen LogP contribution in [-0.4, -0.2) is 42.2 Å². The van der Waals surface area contributed by atoms with Crippen molar-refractivity contribution in [2.45, 2.75) is 70.8 Å². The van der Waals surface area contributed by atoms with Gasteiger partial charge in [0.2, 0.25) is 5.91 Å². The lowest BCUT2D eigenvalue weighted by atomic mass is 9.78. The van der Waals surface area contributed by atoms with Gasteiger partial charge in [-0.3, -0.25) is 4.79 Å². The van der Waals surface area contributed by atoms with E-state index in [2.05, 4.69) is 0 Å². The van der Waals surface area contributed by atoms with Crippen LogP contribution in [-0.2, 0) is 27.1 Å². The van der Waals surface area contributed by atoms with Crippen molar-refractivity contribution in [2.24, 2.45) is 0 Å². The van der Waals surface area contributed by atoms with Crippen LogP contribution in [0.2, 0.25) is 0 Å². The number of amides is 1. The second-order valence-corrected chi connectivity index (χ2v) is 9.64. The fourth-order valence-electron chi connectivity index (χ4n) is 3.69. The maximum Gasteiger partial charge on any atom is 0.494 e. The summed E-state index contributed by atoms with van der Waals surface area (Å²) in [5, 5.41) is 0. The highest BCUT2D eigenvalue weighted by Crippen LogP contribution is 2.37. The van der Waals surface area contributed by atoms with Crippen LogP contribution in [0.1, 0.15) is 51.7 Å². The standard InChI is InChI=1S/C25H32BNO4/c1-24(2)25(3,4)31-26(30-24)20-11-14-22(29-17-18-9-7-6-8-10-18)19(15-20)16-23(28)27(5)21-12-13-21/h6-11,14-15,21H,12-13,16-17H2,1-5H3. The van der Waals surface area contributed by atoms with Gasteiger partial charge in [-0.05, 0) is 57.6 Å². The number of hydrogen-bond donors (Lipinski definition) is 0. The summed E-state index contributed by atoms with van der Waals surface area (Å²) >= 11 is 0. The van der Waals surface area contributed by atoms with E-state index in [4.69, 9.17) is 14.0 Å². The van der Waals surface area contributed by atoms with E-state index in [-0.39, 0.29) is 5.91 Å². The van der Waals surface area contributed by atoms with Crippen molar-refractivity contribution < 1.29 is 18.8 Å². The van der Waals surface area contributed by atoms with Crippen LogP contribution in [0.25, 0.3) is 0 Å². The summed E-state index contributed by atoms with van der Waals surface area (Å²) in [5.74, 6) is 0.833. The number of benzene rings is 2. The van der Waals surface area contributed by atoms with E-state index in [0.717, 1.165) is 35.2 Å². The molecule has 1 saturated carbocycles. The van der Waals surface area contributed by atoms with Crippen molar-refractivity contribution in [1.29, 1.82) is 0 Å². The average Bonchev–Trinajstić information content (AvgIpc) is 3.54. The molecule has 0 bridgehead atoms. The molecular weight excluding hydrogens is 389 g/mol. The summed E-state index contributed by atoms with van der Waals surface area (Å²) in [4.78, 5) is 14.7. The molecule has 0 N–H and O–H groups in total. The van der Waals surface area contributed by atoms with E-state index < -0.39 is 18.3 Å². The lowest BCUT2D eigenvalue weighted by molar-refractivity contribution is -0.129. The molecule has 2 aliphatic rings. The van der Waals surface area contributed by atoms with Gasteiger partial charge >= 0.3 is 7.12 Å². The van der Waals surface area contributed by atoms with Crippen molar-refractivity contribution in [2.75, 3.05) is 7.05 Å². The molecule has 31 heavy (non-hydrogen) atoms. The fraction of sp³-hybridized carbons (Fsp3) is 0.480. The minimum Gasteiger partial charge on any atom is -0.489 e. The maximum atomic E-state index is 12.9. The van der Waals surface area contributed by atoms with Gasteiger partial charge in [-0.15, -0.1) is 0 Å². The molecule has 1 aliphatic heterocycles. The normalized spacial score (nSPS) is 19.3. The molecule has 1 aliphatic carbocycles. The molecule has 0 radical (unpaired) electrons. The van der Waals surface area contributed by atoms with Crippen LogP contribution in [0.5, 0.6) is 5.75 Å². The molecule has 1 saturated heterocycles. The van der Waals surface area contributed by atoms with Gasteiger partial charge in [0, 0.05) is 18.7 Å². The van der Waals surface area contributed by atoms with Crippen molar-refractivity contribution in [3.8, 4) is 5.75 Å². The average molecular weight is 421 g/mol. The lowest BCUT2D eigenvalue weighted by Crippen LogP contribution is -2.41. The Hall–Kier alpha value is -2.31. The Labute approximate surface area is 185 Å². The second-order valence-electron chi connectivity index (χ2n) is 9.64. The van der Waals surface area contributed by atoms with Gasteiger partial charge in [0.25, 0.3) is 0 Å². The molecular formula is C25H32BNO4. The topological polar surface area (TPSA) is 48.0 Å². The summed E-state index contributed by atoms with van der Waals surface area (Å²) in [6.45, 7) is 8.62. The van der Waals surface area contributed by atoms with E-state index >= 15 is 0 Å². The third-order valence-corrected chi connectivity index (χ3v) is 6.68. The highest BCUT2D eigenvalue weighted by Gasteiger charge is 2.51. The van der Waals surface area contributed by atoms with E-state index in [1.807, 2.05) is 88.2 Å². The number of carbonyl (C=O) groups is 1. The zero-order valence-electron chi connectivity index (χ0n) is 19.2. The molecule has 2 aromatic carbocycles. The number of rotatable bonds is 7. The van der Waals surface area contributed by atoms with E-state index in [9.17, 15) is 4.79 Å². The highest BCUT2D eigenvalue weighted by molar-refractivity contribution is 6.62. The van der Waals surface area contributed by atoms with E-state index in [1.165, 1.54) is 0 Å². The second kappa shape index (κ2) is 8.32. The van der Waals surface area contributed by atoms with E-state index in [1.54, 1.807) is 0 Å². The minimum atomic E-state index is -0.469. The van der Waals surface area contributed by atoms with E-state index in [0.29, 0.717) is 19.1 Å². The van der Waals surface area contributed by atoms with Crippen molar-refractivity contribution in [1.82, 2.24) is 4.90 Å². The molecule has 1 heterocycles. The third kappa shape index (κ3) is 4.80. The van der Waals surface area contributed by atoms with Crippen LogP contribution >= 0.6 is 0 Å². The van der Waals surface area contributed by atoms with Crippen LogP contribution < -0.4 is 10.2 Å². The summed E-state index contributed by atoms with van der Waals surface area (Å²) in [7, 11) is 1.42. The molecule has 164 valence electrons. The lowest BCUT2D eigenvalue weighted by Gasteiger charge is -2.32.